The Bertz CT molecular complexity index is 827. The number of aryl methyl sites for hydroxylation is 2. The average Bonchev–Trinajstić information content (AvgIpc) is 2.60. The highest BCUT2D eigenvalue weighted by atomic mass is 16.6. The van der Waals surface area contributed by atoms with Crippen molar-refractivity contribution in [2.75, 3.05) is 26.7 Å². The summed E-state index contributed by atoms with van der Waals surface area (Å²) >= 11 is 0. The minimum absolute atomic E-state index is 0.0931. The van der Waals surface area contributed by atoms with Gasteiger partial charge < -0.3 is 14.9 Å². The molecule has 28 heavy (non-hydrogen) atoms. The highest BCUT2D eigenvalue weighted by Crippen LogP contribution is 2.29. The Morgan fingerprint density at radius 3 is 2.29 bits per heavy atom. The molecule has 0 aliphatic carbocycles. The van der Waals surface area contributed by atoms with Crippen molar-refractivity contribution in [3.63, 3.8) is 0 Å². The first-order valence-electron chi connectivity index (χ1n) is 9.05. The predicted octanol–water partition coefficient (Wildman–Crippen LogP) is 1.92. The van der Waals surface area contributed by atoms with E-state index in [1.165, 1.54) is 18.9 Å². The molecule has 0 aromatic heterocycles. The first-order valence-corrected chi connectivity index (χ1v) is 9.05. The molecule has 0 saturated carbocycles. The number of hydrogen-bond donors (Lipinski definition) is 1. The van der Waals surface area contributed by atoms with E-state index in [0.29, 0.717) is 37.1 Å². The van der Waals surface area contributed by atoms with Gasteiger partial charge in [0, 0.05) is 31.3 Å². The van der Waals surface area contributed by atoms with Crippen molar-refractivity contribution in [2.24, 2.45) is 5.92 Å². The Balaban J connectivity index is 2.13. The van der Waals surface area contributed by atoms with Gasteiger partial charge in [0.25, 0.3) is 11.6 Å². The molecule has 0 atom stereocenters. The van der Waals surface area contributed by atoms with E-state index >= 15 is 0 Å². The molecular formula is C19H25N3O6. The van der Waals surface area contributed by atoms with E-state index in [-0.39, 0.29) is 29.3 Å². The maximum absolute atomic E-state index is 12.9. The second kappa shape index (κ2) is 8.37. The summed E-state index contributed by atoms with van der Waals surface area (Å²) in [6.45, 7) is 5.39. The predicted molar refractivity (Wildman–Crippen MR) is 101 cm³/mol. The second-order valence-electron chi connectivity index (χ2n) is 7.27. The zero-order chi connectivity index (χ0) is 21.2. The lowest BCUT2D eigenvalue weighted by Gasteiger charge is -2.31. The van der Waals surface area contributed by atoms with Crippen molar-refractivity contribution in [3.05, 3.63) is 38.4 Å². The minimum atomic E-state index is -0.855. The van der Waals surface area contributed by atoms with E-state index in [0.717, 1.165) is 0 Å². The molecule has 9 heteroatoms. The molecule has 2 rings (SSSR count). The van der Waals surface area contributed by atoms with Crippen LogP contribution in [0.1, 0.15) is 39.9 Å². The molecule has 0 spiro atoms. The van der Waals surface area contributed by atoms with Gasteiger partial charge in [-0.1, -0.05) is 0 Å². The van der Waals surface area contributed by atoms with Crippen molar-refractivity contribution in [2.45, 2.75) is 33.6 Å². The highest BCUT2D eigenvalue weighted by Gasteiger charge is 2.30. The molecule has 1 fully saturated rings. The van der Waals surface area contributed by atoms with Crippen LogP contribution in [0, 0.1) is 36.8 Å². The molecule has 1 aliphatic rings. The highest BCUT2D eigenvalue weighted by molar-refractivity contribution is 6.00. The lowest BCUT2D eigenvalue weighted by atomic mass is 9.96. The van der Waals surface area contributed by atoms with E-state index in [1.54, 1.807) is 24.8 Å². The lowest BCUT2D eigenvalue weighted by Crippen LogP contribution is -2.45. The summed E-state index contributed by atoms with van der Waals surface area (Å²) in [6, 6.07) is 1.60. The average molecular weight is 391 g/mol. The fourth-order valence-corrected chi connectivity index (χ4v) is 3.73. The summed E-state index contributed by atoms with van der Waals surface area (Å²) in [7, 11) is 1.48. The number of amides is 2. The van der Waals surface area contributed by atoms with Crippen molar-refractivity contribution < 1.29 is 24.4 Å². The third kappa shape index (κ3) is 4.29. The first-order chi connectivity index (χ1) is 13.0. The van der Waals surface area contributed by atoms with Crippen LogP contribution < -0.4 is 0 Å². The van der Waals surface area contributed by atoms with Gasteiger partial charge in [-0.05, 0) is 45.2 Å². The molecule has 152 valence electrons. The number of nitro groups is 1. The normalized spacial score (nSPS) is 14.6. The Morgan fingerprint density at radius 2 is 1.79 bits per heavy atom. The topological polar surface area (TPSA) is 121 Å². The van der Waals surface area contributed by atoms with Gasteiger partial charge in [-0.25, -0.2) is 0 Å². The summed E-state index contributed by atoms with van der Waals surface area (Å²) in [5, 5.41) is 20.4. The number of carboxylic acid groups (broad SMARTS) is 1. The molecule has 2 amide bonds. The van der Waals surface area contributed by atoms with Gasteiger partial charge in [0.2, 0.25) is 5.91 Å². The number of carbonyl (C=O) groups is 3. The van der Waals surface area contributed by atoms with Crippen LogP contribution in [0.25, 0.3) is 0 Å². The fraction of sp³-hybridized carbons (Fsp3) is 0.526. The molecule has 0 unspecified atom stereocenters. The number of nitro benzene ring substituents is 1. The summed E-state index contributed by atoms with van der Waals surface area (Å²) in [6.07, 6.45) is 0.780. The smallest absolute Gasteiger partial charge is 0.306 e. The quantitative estimate of drug-likeness (QED) is 0.604. The van der Waals surface area contributed by atoms with Crippen LogP contribution in [-0.2, 0) is 9.59 Å². The maximum Gasteiger partial charge on any atom is 0.306 e. The molecule has 1 saturated heterocycles. The van der Waals surface area contributed by atoms with Crippen molar-refractivity contribution >= 4 is 23.5 Å². The number of likely N-dealkylation sites (N-methyl/N-ethyl adjacent to an activating group) is 1. The van der Waals surface area contributed by atoms with Gasteiger partial charge in [-0.3, -0.25) is 24.5 Å². The number of carbonyl (C=O) groups excluding carboxylic acids is 2. The lowest BCUT2D eigenvalue weighted by molar-refractivity contribution is -0.386. The summed E-state index contributed by atoms with van der Waals surface area (Å²) < 4.78 is 0. The van der Waals surface area contributed by atoms with E-state index in [2.05, 4.69) is 0 Å². The Hall–Kier alpha value is -2.97. The van der Waals surface area contributed by atoms with Crippen LogP contribution in [0.2, 0.25) is 0 Å². The Labute approximate surface area is 163 Å². The third-order valence-electron chi connectivity index (χ3n) is 5.24. The van der Waals surface area contributed by atoms with Crippen LogP contribution in [-0.4, -0.2) is 64.3 Å². The van der Waals surface area contributed by atoms with Gasteiger partial charge in [0.1, 0.15) is 0 Å². The van der Waals surface area contributed by atoms with Crippen molar-refractivity contribution in [3.8, 4) is 0 Å². The molecule has 1 heterocycles. The van der Waals surface area contributed by atoms with Crippen molar-refractivity contribution in [1.82, 2.24) is 9.80 Å². The fourth-order valence-electron chi connectivity index (χ4n) is 3.73. The van der Waals surface area contributed by atoms with Crippen LogP contribution in [0.3, 0.4) is 0 Å². The van der Waals surface area contributed by atoms with E-state index in [1.807, 2.05) is 0 Å². The number of aliphatic carboxylic acids is 1. The molecule has 0 bridgehead atoms. The molecule has 0 radical (unpaired) electrons. The molecule has 1 aliphatic heterocycles. The molecule has 1 N–H and O–H groups in total. The summed E-state index contributed by atoms with van der Waals surface area (Å²) in [5.41, 5.74) is 1.53. The molecular weight excluding hydrogens is 366 g/mol. The Kier molecular flexibility index (Phi) is 6.37. The Morgan fingerprint density at radius 1 is 1.21 bits per heavy atom. The van der Waals surface area contributed by atoms with Crippen LogP contribution in [0.4, 0.5) is 5.69 Å². The number of piperidine rings is 1. The zero-order valence-electron chi connectivity index (χ0n) is 16.5. The second-order valence-corrected chi connectivity index (χ2v) is 7.27. The molecule has 1 aromatic rings. The van der Waals surface area contributed by atoms with E-state index < -0.39 is 22.7 Å². The van der Waals surface area contributed by atoms with Gasteiger partial charge in [-0.2, -0.15) is 0 Å². The standard InChI is InChI=1S/C19H25N3O6/c1-11-9-12(2)17(22(27)28)13(3)16(11)18(24)20(4)10-15(23)21-7-5-14(6-8-21)19(25)26/h9,14H,5-8,10H2,1-4H3,(H,25,26). The summed E-state index contributed by atoms with van der Waals surface area (Å²) in [5.74, 6) is -2.02. The summed E-state index contributed by atoms with van der Waals surface area (Å²) in [4.78, 5) is 50.0. The largest absolute Gasteiger partial charge is 0.481 e. The zero-order valence-corrected chi connectivity index (χ0v) is 16.5. The van der Waals surface area contributed by atoms with E-state index in [4.69, 9.17) is 5.11 Å². The van der Waals surface area contributed by atoms with Crippen LogP contribution >= 0.6 is 0 Å². The minimum Gasteiger partial charge on any atom is -0.481 e. The van der Waals surface area contributed by atoms with E-state index in [9.17, 15) is 24.5 Å². The number of rotatable bonds is 5. The number of nitrogens with zero attached hydrogens (tertiary/aromatic N) is 3. The van der Waals surface area contributed by atoms with Gasteiger partial charge in [-0.15, -0.1) is 0 Å². The number of carboxylic acids is 1. The SMILES string of the molecule is Cc1cc(C)c([N+](=O)[O-])c(C)c1C(=O)N(C)CC(=O)N1CCC(C(=O)O)CC1. The third-order valence-corrected chi connectivity index (χ3v) is 5.24. The number of likely N-dealkylation sites (tertiary alicyclic amines) is 1. The van der Waals surface area contributed by atoms with Crippen molar-refractivity contribution in [1.29, 1.82) is 0 Å². The molecule has 1 aromatic carbocycles. The van der Waals surface area contributed by atoms with Gasteiger partial charge in [0.05, 0.1) is 22.9 Å². The van der Waals surface area contributed by atoms with Crippen LogP contribution in [0.15, 0.2) is 6.07 Å². The van der Waals surface area contributed by atoms with Gasteiger partial charge >= 0.3 is 5.97 Å². The molecule has 9 nitrogen and oxygen atoms in total. The van der Waals surface area contributed by atoms with Gasteiger partial charge in [0.15, 0.2) is 0 Å². The first kappa shape index (κ1) is 21.3. The number of benzene rings is 1. The monoisotopic (exact) mass is 391 g/mol. The number of hydrogen-bond acceptors (Lipinski definition) is 5. The maximum atomic E-state index is 12.9. The van der Waals surface area contributed by atoms with Crippen LogP contribution in [0.5, 0.6) is 0 Å².